The highest BCUT2D eigenvalue weighted by Gasteiger charge is 2.43. The highest BCUT2D eigenvalue weighted by molar-refractivity contribution is 7.12. The number of benzene rings is 1. The summed E-state index contributed by atoms with van der Waals surface area (Å²) in [5.74, 6) is -0.552. The molecule has 0 radical (unpaired) electrons. The van der Waals surface area contributed by atoms with Crippen LogP contribution in [0.3, 0.4) is 0 Å². The molecule has 1 aromatic heterocycles. The molecule has 0 aliphatic carbocycles. The maximum absolute atomic E-state index is 13.1. The van der Waals surface area contributed by atoms with Gasteiger partial charge in [-0.1, -0.05) is 18.2 Å². The van der Waals surface area contributed by atoms with Gasteiger partial charge < -0.3 is 19.6 Å². The van der Waals surface area contributed by atoms with E-state index >= 15 is 0 Å². The van der Waals surface area contributed by atoms with E-state index < -0.39 is 17.7 Å². The number of ether oxygens (including phenoxy) is 1. The van der Waals surface area contributed by atoms with Crippen LogP contribution in [0.2, 0.25) is 0 Å². The van der Waals surface area contributed by atoms with Crippen LogP contribution in [0.25, 0.3) is 0 Å². The summed E-state index contributed by atoms with van der Waals surface area (Å²) in [6.45, 7) is 1.35. The van der Waals surface area contributed by atoms with Gasteiger partial charge in [0.1, 0.15) is 5.75 Å². The number of methoxy groups -OCH3 is 1. The second-order valence-electron chi connectivity index (χ2n) is 7.05. The Morgan fingerprint density at radius 3 is 2.54 bits per heavy atom. The smallest absolute Gasteiger partial charge is 0.290 e. The van der Waals surface area contributed by atoms with Gasteiger partial charge in [-0.05, 0) is 29.1 Å². The molecule has 0 saturated carbocycles. The van der Waals surface area contributed by atoms with E-state index in [0.29, 0.717) is 17.2 Å². The van der Waals surface area contributed by atoms with Gasteiger partial charge in [-0.25, -0.2) is 0 Å². The number of amides is 1. The molecule has 1 aromatic carbocycles. The lowest BCUT2D eigenvalue weighted by atomic mass is 9.95. The van der Waals surface area contributed by atoms with Crippen LogP contribution in [0.5, 0.6) is 5.75 Å². The standard InChI is InChI=1S/C21H24N2O4S/c1-22(2)11-5-12-23-18(14-7-9-15(27-3)10-8-14)17(20(25)21(23)26)19(24)16-6-4-13-28-16/h4,6-10,13,18,25H,5,11-12H2,1-3H3/p+1/t18-/m0/s1. The number of nitrogens with one attached hydrogen (secondary N) is 1. The number of thiophene rings is 1. The van der Waals surface area contributed by atoms with Crippen molar-refractivity contribution in [1.29, 1.82) is 0 Å². The summed E-state index contributed by atoms with van der Waals surface area (Å²) < 4.78 is 5.22. The number of quaternary nitrogens is 1. The first-order valence-electron chi connectivity index (χ1n) is 9.19. The Labute approximate surface area is 168 Å². The summed E-state index contributed by atoms with van der Waals surface area (Å²) in [6, 6.07) is 10.1. The fraction of sp³-hybridized carbons (Fsp3) is 0.333. The molecule has 0 unspecified atom stereocenters. The second-order valence-corrected chi connectivity index (χ2v) is 8.00. The summed E-state index contributed by atoms with van der Waals surface area (Å²) in [7, 11) is 5.68. The molecule has 2 N–H and O–H groups in total. The maximum atomic E-state index is 13.1. The van der Waals surface area contributed by atoms with Crippen molar-refractivity contribution in [3.8, 4) is 5.75 Å². The first-order chi connectivity index (χ1) is 13.4. The third-order valence-corrected chi connectivity index (χ3v) is 5.67. The van der Waals surface area contributed by atoms with E-state index in [1.54, 1.807) is 36.3 Å². The molecule has 2 aromatic rings. The van der Waals surface area contributed by atoms with Crippen LogP contribution < -0.4 is 9.64 Å². The lowest BCUT2D eigenvalue weighted by molar-refractivity contribution is -0.858. The molecular weight excluding hydrogens is 376 g/mol. The van der Waals surface area contributed by atoms with Gasteiger partial charge in [-0.3, -0.25) is 9.59 Å². The van der Waals surface area contributed by atoms with Gasteiger partial charge >= 0.3 is 0 Å². The van der Waals surface area contributed by atoms with Crippen LogP contribution in [0.1, 0.15) is 27.7 Å². The molecule has 3 rings (SSSR count). The summed E-state index contributed by atoms with van der Waals surface area (Å²) in [6.07, 6.45) is 0.772. The predicted molar refractivity (Wildman–Crippen MR) is 108 cm³/mol. The lowest BCUT2D eigenvalue weighted by Crippen LogP contribution is -3.05. The number of hydrogen-bond donors (Lipinski definition) is 2. The van der Waals surface area contributed by atoms with Crippen molar-refractivity contribution in [3.63, 3.8) is 0 Å². The Morgan fingerprint density at radius 2 is 1.96 bits per heavy atom. The number of ketones is 1. The zero-order valence-corrected chi connectivity index (χ0v) is 17.1. The van der Waals surface area contributed by atoms with Gasteiger partial charge in [-0.2, -0.15) is 0 Å². The third-order valence-electron chi connectivity index (χ3n) is 4.80. The van der Waals surface area contributed by atoms with Crippen LogP contribution in [-0.4, -0.2) is 56.0 Å². The quantitative estimate of drug-likeness (QED) is 0.663. The number of carbonyl (C=O) groups excluding carboxylic acids is 2. The first-order valence-corrected chi connectivity index (χ1v) is 10.1. The van der Waals surface area contributed by atoms with E-state index in [1.807, 2.05) is 31.6 Å². The minimum atomic E-state index is -0.606. The Kier molecular flexibility index (Phi) is 6.16. The first kappa shape index (κ1) is 20.1. The summed E-state index contributed by atoms with van der Waals surface area (Å²) in [5, 5.41) is 12.4. The molecule has 2 heterocycles. The predicted octanol–water partition coefficient (Wildman–Crippen LogP) is 1.87. The van der Waals surface area contributed by atoms with Gasteiger partial charge in [0.05, 0.1) is 44.2 Å². The van der Waals surface area contributed by atoms with E-state index in [-0.39, 0.29) is 11.4 Å². The van der Waals surface area contributed by atoms with Gasteiger partial charge in [0.15, 0.2) is 5.76 Å². The number of hydrogen-bond acceptors (Lipinski definition) is 5. The van der Waals surface area contributed by atoms with Crippen LogP contribution in [0.15, 0.2) is 53.1 Å². The average molecular weight is 402 g/mol. The summed E-state index contributed by atoms with van der Waals surface area (Å²) >= 11 is 1.30. The highest BCUT2D eigenvalue weighted by Crippen LogP contribution is 2.39. The third kappa shape index (κ3) is 3.95. The highest BCUT2D eigenvalue weighted by atomic mass is 32.1. The molecule has 0 spiro atoms. The SMILES string of the molecule is COc1ccc([C@H]2C(C(=O)c3cccs3)=C(O)C(=O)N2CCC[NH+](C)C)cc1. The molecular formula is C21H25N2O4S+. The Hall–Kier alpha value is -2.64. The summed E-state index contributed by atoms with van der Waals surface area (Å²) in [4.78, 5) is 29.3. The van der Waals surface area contributed by atoms with Crippen molar-refractivity contribution < 1.29 is 24.3 Å². The monoisotopic (exact) mass is 401 g/mol. The lowest BCUT2D eigenvalue weighted by Gasteiger charge is -2.27. The zero-order valence-electron chi connectivity index (χ0n) is 16.3. The van der Waals surface area contributed by atoms with Crippen LogP contribution >= 0.6 is 11.3 Å². The Balaban J connectivity index is 1.99. The van der Waals surface area contributed by atoms with Gasteiger partial charge in [0, 0.05) is 13.0 Å². The minimum Gasteiger partial charge on any atom is -0.503 e. The number of aliphatic hydroxyl groups excluding tert-OH is 1. The van der Waals surface area contributed by atoms with E-state index in [1.165, 1.54) is 16.2 Å². The van der Waals surface area contributed by atoms with Crippen molar-refractivity contribution in [3.05, 3.63) is 63.6 Å². The average Bonchev–Trinajstić information content (AvgIpc) is 3.30. The summed E-state index contributed by atoms with van der Waals surface area (Å²) in [5.41, 5.74) is 0.921. The van der Waals surface area contributed by atoms with Crippen LogP contribution in [0, 0.1) is 0 Å². The molecule has 28 heavy (non-hydrogen) atoms. The van der Waals surface area contributed by atoms with Crippen molar-refractivity contribution in [2.75, 3.05) is 34.3 Å². The molecule has 0 saturated heterocycles. The Bertz CT molecular complexity index is 872. The van der Waals surface area contributed by atoms with Crippen molar-refractivity contribution in [1.82, 2.24) is 4.90 Å². The molecule has 7 heteroatoms. The maximum Gasteiger partial charge on any atom is 0.290 e. The van der Waals surface area contributed by atoms with Crippen molar-refractivity contribution in [2.24, 2.45) is 0 Å². The molecule has 6 nitrogen and oxygen atoms in total. The van der Waals surface area contributed by atoms with Gasteiger partial charge in [0.25, 0.3) is 5.91 Å². The van der Waals surface area contributed by atoms with E-state index in [4.69, 9.17) is 4.74 Å². The zero-order chi connectivity index (χ0) is 20.3. The number of nitrogens with zero attached hydrogens (tertiary/aromatic N) is 1. The number of carbonyl (C=O) groups is 2. The number of aliphatic hydroxyl groups is 1. The number of Topliss-reactive ketones (excluding diaryl/α,β-unsaturated/α-hetero) is 1. The molecule has 1 amide bonds. The topological polar surface area (TPSA) is 71.3 Å². The van der Waals surface area contributed by atoms with Crippen LogP contribution in [0.4, 0.5) is 0 Å². The fourth-order valence-corrected chi connectivity index (χ4v) is 4.07. The fourth-order valence-electron chi connectivity index (χ4n) is 3.39. The van der Waals surface area contributed by atoms with Gasteiger partial charge in [0.2, 0.25) is 5.78 Å². The molecule has 1 aliphatic rings. The molecule has 1 aliphatic heterocycles. The van der Waals surface area contributed by atoms with E-state index in [2.05, 4.69) is 0 Å². The molecule has 0 bridgehead atoms. The minimum absolute atomic E-state index is 0.148. The number of rotatable bonds is 8. The molecule has 0 fully saturated rings. The Morgan fingerprint density at radius 1 is 1.25 bits per heavy atom. The van der Waals surface area contributed by atoms with E-state index in [0.717, 1.165) is 18.5 Å². The normalized spacial score (nSPS) is 16.9. The second kappa shape index (κ2) is 8.58. The molecule has 148 valence electrons. The van der Waals surface area contributed by atoms with E-state index in [9.17, 15) is 14.7 Å². The van der Waals surface area contributed by atoms with Crippen molar-refractivity contribution >= 4 is 23.0 Å². The van der Waals surface area contributed by atoms with Crippen molar-refractivity contribution in [2.45, 2.75) is 12.5 Å². The van der Waals surface area contributed by atoms with Crippen LogP contribution in [-0.2, 0) is 4.79 Å². The van der Waals surface area contributed by atoms with Gasteiger partial charge in [-0.15, -0.1) is 11.3 Å². The largest absolute Gasteiger partial charge is 0.503 e. The molecule has 1 atom stereocenters.